The van der Waals surface area contributed by atoms with Crippen molar-refractivity contribution in [3.05, 3.63) is 90.5 Å². The Morgan fingerprint density at radius 2 is 1.33 bits per heavy atom. The zero-order valence-electron chi connectivity index (χ0n) is 17.7. The minimum atomic E-state index is -2.58. The summed E-state index contributed by atoms with van der Waals surface area (Å²) in [5, 5.41) is 11.2. The van der Waals surface area contributed by atoms with E-state index in [1.807, 2.05) is 24.3 Å². The van der Waals surface area contributed by atoms with Crippen LogP contribution in [0.5, 0.6) is 5.75 Å². The number of ether oxygens (including phenoxy) is 1. The predicted molar refractivity (Wildman–Crippen MR) is 122 cm³/mol. The molecule has 0 saturated carbocycles. The Kier molecular flexibility index (Phi) is 6.75. The van der Waals surface area contributed by atoms with E-state index in [1.54, 1.807) is 12.1 Å². The largest absolute Gasteiger partial charge is 0.482 e. The average Bonchev–Trinajstić information content (AvgIpc) is 2.74. The molecule has 0 unspecified atom stereocenters. The number of benzene rings is 3. The summed E-state index contributed by atoms with van der Waals surface area (Å²) in [4.78, 5) is 10.7. The minimum Gasteiger partial charge on any atom is -0.482 e. The number of hydrogen-bond donors (Lipinski definition) is 1. The van der Waals surface area contributed by atoms with Crippen LogP contribution in [0.3, 0.4) is 0 Å². The third-order valence-electron chi connectivity index (χ3n) is 5.16. The maximum atomic E-state index is 10.7. The summed E-state index contributed by atoms with van der Waals surface area (Å²) < 4.78 is 12.1. The van der Waals surface area contributed by atoms with Gasteiger partial charge in [0.2, 0.25) is 0 Å². The highest BCUT2D eigenvalue weighted by Crippen LogP contribution is 2.37. The van der Waals surface area contributed by atoms with Gasteiger partial charge in [-0.05, 0) is 33.1 Å². The standard InChI is InChI=1S/C25H28O4Si/c1-25(2,3)30(22-10-6-4-7-11-22,23-12-8-5-9-13-23)29-18-20-14-16-21(17-15-20)28-19-24(26)27/h4-17H,18-19H2,1-3H3,(H,26,27). The normalized spacial score (nSPS) is 11.8. The zero-order valence-corrected chi connectivity index (χ0v) is 18.7. The van der Waals surface area contributed by atoms with Crippen molar-refractivity contribution in [1.82, 2.24) is 0 Å². The molecule has 0 aromatic heterocycles. The Balaban J connectivity index is 1.93. The molecule has 0 radical (unpaired) electrons. The fourth-order valence-electron chi connectivity index (χ4n) is 3.78. The van der Waals surface area contributed by atoms with Crippen molar-refractivity contribution in [2.24, 2.45) is 0 Å². The van der Waals surface area contributed by atoms with E-state index in [1.165, 1.54) is 10.4 Å². The van der Waals surface area contributed by atoms with Crippen LogP contribution in [0.25, 0.3) is 0 Å². The second kappa shape index (κ2) is 9.28. The first-order valence-electron chi connectivity index (χ1n) is 10.0. The Bertz CT molecular complexity index is 908. The molecule has 3 aromatic carbocycles. The predicted octanol–water partition coefficient (Wildman–Crippen LogP) is 4.23. The first kappa shape index (κ1) is 21.8. The number of hydrogen-bond acceptors (Lipinski definition) is 3. The average molecular weight is 421 g/mol. The van der Waals surface area contributed by atoms with Crippen molar-refractivity contribution >= 4 is 24.7 Å². The van der Waals surface area contributed by atoms with Crippen LogP contribution in [0.1, 0.15) is 26.3 Å². The molecule has 0 spiro atoms. The van der Waals surface area contributed by atoms with Gasteiger partial charge in [-0.1, -0.05) is 93.6 Å². The van der Waals surface area contributed by atoms with Crippen LogP contribution in [-0.2, 0) is 15.8 Å². The van der Waals surface area contributed by atoms with Crippen molar-refractivity contribution in [2.75, 3.05) is 6.61 Å². The molecule has 1 N–H and O–H groups in total. The lowest BCUT2D eigenvalue weighted by Crippen LogP contribution is -2.66. The van der Waals surface area contributed by atoms with E-state index in [0.717, 1.165) is 5.56 Å². The van der Waals surface area contributed by atoms with Gasteiger partial charge in [0.25, 0.3) is 8.32 Å². The van der Waals surface area contributed by atoms with Crippen molar-refractivity contribution in [3.63, 3.8) is 0 Å². The van der Waals surface area contributed by atoms with E-state index in [-0.39, 0.29) is 11.6 Å². The molecule has 0 aliphatic heterocycles. The molecule has 0 bridgehead atoms. The summed E-state index contributed by atoms with van der Waals surface area (Å²) in [5.74, 6) is -0.458. The summed E-state index contributed by atoms with van der Waals surface area (Å²) in [6.07, 6.45) is 0. The summed E-state index contributed by atoms with van der Waals surface area (Å²) >= 11 is 0. The van der Waals surface area contributed by atoms with Gasteiger partial charge in [0.15, 0.2) is 6.61 Å². The van der Waals surface area contributed by atoms with Crippen LogP contribution in [-0.4, -0.2) is 26.0 Å². The molecule has 5 heteroatoms. The van der Waals surface area contributed by atoms with Crippen LogP contribution >= 0.6 is 0 Å². The molecule has 0 atom stereocenters. The second-order valence-corrected chi connectivity index (χ2v) is 12.6. The van der Waals surface area contributed by atoms with E-state index >= 15 is 0 Å². The van der Waals surface area contributed by atoms with Gasteiger partial charge >= 0.3 is 5.97 Å². The van der Waals surface area contributed by atoms with Gasteiger partial charge < -0.3 is 14.3 Å². The summed E-state index contributed by atoms with van der Waals surface area (Å²) in [5.41, 5.74) is 1.02. The quantitative estimate of drug-likeness (QED) is 0.554. The smallest absolute Gasteiger partial charge is 0.341 e. The molecule has 4 nitrogen and oxygen atoms in total. The lowest BCUT2D eigenvalue weighted by molar-refractivity contribution is -0.139. The molecular formula is C25H28O4Si. The lowest BCUT2D eigenvalue weighted by Gasteiger charge is -2.43. The first-order chi connectivity index (χ1) is 14.3. The van der Waals surface area contributed by atoms with Crippen molar-refractivity contribution in [3.8, 4) is 5.75 Å². The molecule has 0 saturated heterocycles. The SMILES string of the molecule is CC(C)(C)[Si](OCc1ccc(OCC(=O)O)cc1)(c1ccccc1)c1ccccc1. The number of carboxylic acid groups (broad SMARTS) is 1. The summed E-state index contributed by atoms with van der Waals surface area (Å²) in [7, 11) is -2.58. The van der Waals surface area contributed by atoms with Crippen molar-refractivity contribution in [1.29, 1.82) is 0 Å². The van der Waals surface area contributed by atoms with Crippen LogP contribution in [0.15, 0.2) is 84.9 Å². The van der Waals surface area contributed by atoms with E-state index in [9.17, 15) is 4.79 Å². The van der Waals surface area contributed by atoms with E-state index in [4.69, 9.17) is 14.3 Å². The highest BCUT2D eigenvalue weighted by atomic mass is 28.4. The van der Waals surface area contributed by atoms with Gasteiger partial charge in [0, 0.05) is 0 Å². The van der Waals surface area contributed by atoms with Gasteiger partial charge in [-0.2, -0.15) is 0 Å². The molecule has 0 amide bonds. The topological polar surface area (TPSA) is 55.8 Å². The molecule has 0 aliphatic carbocycles. The molecule has 0 heterocycles. The minimum absolute atomic E-state index is 0.0831. The number of aliphatic carboxylic acids is 1. The number of carbonyl (C=O) groups is 1. The fraction of sp³-hybridized carbons (Fsp3) is 0.240. The van der Waals surface area contributed by atoms with Crippen molar-refractivity contribution < 1.29 is 19.1 Å². The first-order valence-corrected chi connectivity index (χ1v) is 11.9. The third kappa shape index (κ3) is 4.80. The van der Waals surface area contributed by atoms with E-state index in [0.29, 0.717) is 12.4 Å². The van der Waals surface area contributed by atoms with Gasteiger partial charge in [0.05, 0.1) is 6.61 Å². The van der Waals surface area contributed by atoms with E-state index in [2.05, 4.69) is 69.3 Å². The fourth-order valence-corrected chi connectivity index (χ4v) is 8.32. The molecule has 156 valence electrons. The lowest BCUT2D eigenvalue weighted by atomic mass is 10.2. The van der Waals surface area contributed by atoms with Gasteiger partial charge in [-0.3, -0.25) is 0 Å². The molecular weight excluding hydrogens is 392 g/mol. The van der Waals surface area contributed by atoms with Crippen LogP contribution < -0.4 is 15.1 Å². The Labute approximate surface area is 179 Å². The number of carboxylic acids is 1. The Morgan fingerprint density at radius 3 is 1.77 bits per heavy atom. The Morgan fingerprint density at radius 1 is 0.833 bits per heavy atom. The molecule has 3 rings (SSSR count). The van der Waals surface area contributed by atoms with E-state index < -0.39 is 14.3 Å². The third-order valence-corrected chi connectivity index (χ3v) is 10.1. The highest BCUT2D eigenvalue weighted by Gasteiger charge is 2.50. The molecule has 30 heavy (non-hydrogen) atoms. The molecule has 0 fully saturated rings. The zero-order chi connectivity index (χ0) is 21.6. The number of rotatable bonds is 8. The van der Waals surface area contributed by atoms with Crippen LogP contribution in [0, 0.1) is 0 Å². The maximum absolute atomic E-state index is 10.7. The molecule has 0 aliphatic rings. The molecule has 3 aromatic rings. The second-order valence-electron chi connectivity index (χ2n) is 8.28. The summed E-state index contributed by atoms with van der Waals surface area (Å²) in [6, 6.07) is 28.5. The van der Waals surface area contributed by atoms with Gasteiger partial charge in [0.1, 0.15) is 5.75 Å². The highest BCUT2D eigenvalue weighted by molar-refractivity contribution is 6.99. The van der Waals surface area contributed by atoms with Gasteiger partial charge in [-0.25, -0.2) is 4.79 Å². The van der Waals surface area contributed by atoms with Crippen LogP contribution in [0.4, 0.5) is 0 Å². The monoisotopic (exact) mass is 420 g/mol. The Hall–Kier alpha value is -2.89. The van der Waals surface area contributed by atoms with Gasteiger partial charge in [-0.15, -0.1) is 0 Å². The summed E-state index contributed by atoms with van der Waals surface area (Å²) in [6.45, 7) is 6.87. The van der Waals surface area contributed by atoms with Crippen LogP contribution in [0.2, 0.25) is 5.04 Å². The maximum Gasteiger partial charge on any atom is 0.341 e. The van der Waals surface area contributed by atoms with Crippen molar-refractivity contribution in [2.45, 2.75) is 32.4 Å².